The monoisotopic (exact) mass is 546 g/mol. The van der Waals surface area contributed by atoms with Crippen LogP contribution in [0.2, 0.25) is 0 Å². The van der Waals surface area contributed by atoms with Crippen LogP contribution in [0.5, 0.6) is 0 Å². The third kappa shape index (κ3) is 8.41. The average Bonchev–Trinajstić information content (AvgIpc) is 3.70. The van der Waals surface area contributed by atoms with E-state index in [1.165, 1.54) is 0 Å². The van der Waals surface area contributed by atoms with Crippen molar-refractivity contribution in [2.75, 3.05) is 36.8 Å². The molecular weight excluding hydrogens is 504 g/mol. The van der Waals surface area contributed by atoms with Crippen LogP contribution in [0.4, 0.5) is 11.4 Å². The molecule has 2 aliphatic rings. The van der Waals surface area contributed by atoms with Crippen LogP contribution in [0.25, 0.3) is 0 Å². The summed E-state index contributed by atoms with van der Waals surface area (Å²) < 4.78 is 0. The maximum atomic E-state index is 12.8. The number of rotatable bonds is 13. The number of hydrogen-bond donors (Lipinski definition) is 2. The van der Waals surface area contributed by atoms with Crippen molar-refractivity contribution in [1.82, 2.24) is 9.80 Å². The number of hydrogen-bond acceptors (Lipinski definition) is 4. The molecule has 4 rings (SSSR count). The van der Waals surface area contributed by atoms with Crippen LogP contribution >= 0.6 is 0 Å². The smallest absolute Gasteiger partial charge is 0.255 e. The van der Waals surface area contributed by atoms with Crippen LogP contribution in [-0.4, -0.2) is 59.6 Å². The van der Waals surface area contributed by atoms with Crippen LogP contribution in [0.1, 0.15) is 97.8 Å². The van der Waals surface area contributed by atoms with Gasteiger partial charge >= 0.3 is 0 Å². The fourth-order valence-electron chi connectivity index (χ4n) is 5.44. The lowest BCUT2D eigenvalue weighted by atomic mass is 10.1. The summed E-state index contributed by atoms with van der Waals surface area (Å²) in [6.45, 7) is 3.11. The molecule has 8 heteroatoms. The molecule has 0 atom stereocenters. The van der Waals surface area contributed by atoms with E-state index in [0.717, 1.165) is 90.4 Å². The van der Waals surface area contributed by atoms with Crippen molar-refractivity contribution in [2.45, 2.75) is 77.0 Å². The Hall–Kier alpha value is -3.68. The summed E-state index contributed by atoms with van der Waals surface area (Å²) in [6, 6.07) is 14.5. The number of amides is 4. The summed E-state index contributed by atoms with van der Waals surface area (Å²) in [6.07, 6.45) is 10.4. The fraction of sp³-hybridized carbons (Fsp3) is 0.500. The Labute approximate surface area is 237 Å². The number of carbonyl (C=O) groups is 4. The summed E-state index contributed by atoms with van der Waals surface area (Å²) in [5.74, 6) is -0.160. The predicted octanol–water partition coefficient (Wildman–Crippen LogP) is 5.86. The number of unbranched alkanes of at least 4 members (excludes halogenated alkanes) is 5. The molecule has 8 nitrogen and oxygen atoms in total. The van der Waals surface area contributed by atoms with Gasteiger partial charge in [-0.1, -0.05) is 49.9 Å². The van der Waals surface area contributed by atoms with E-state index >= 15 is 0 Å². The Morgan fingerprint density at radius 2 is 0.875 bits per heavy atom. The van der Waals surface area contributed by atoms with Crippen molar-refractivity contribution in [1.29, 1.82) is 0 Å². The average molecular weight is 547 g/mol. The van der Waals surface area contributed by atoms with Crippen molar-refractivity contribution in [3.8, 4) is 0 Å². The van der Waals surface area contributed by atoms with Crippen LogP contribution in [0.3, 0.4) is 0 Å². The lowest BCUT2D eigenvalue weighted by Gasteiger charge is -2.18. The third-order valence-corrected chi connectivity index (χ3v) is 7.71. The topological polar surface area (TPSA) is 98.8 Å². The Morgan fingerprint density at radius 3 is 1.27 bits per heavy atom. The summed E-state index contributed by atoms with van der Waals surface area (Å²) in [7, 11) is 0. The van der Waals surface area contributed by atoms with Crippen LogP contribution < -0.4 is 10.6 Å². The molecule has 0 radical (unpaired) electrons. The molecule has 2 aliphatic heterocycles. The highest BCUT2D eigenvalue weighted by Crippen LogP contribution is 2.22. The minimum Gasteiger partial charge on any atom is -0.339 e. The van der Waals surface area contributed by atoms with E-state index in [-0.39, 0.29) is 23.6 Å². The zero-order valence-electron chi connectivity index (χ0n) is 23.5. The minimum absolute atomic E-state index is 0.0122. The maximum Gasteiger partial charge on any atom is 0.255 e. The van der Waals surface area contributed by atoms with Gasteiger partial charge in [0.15, 0.2) is 0 Å². The van der Waals surface area contributed by atoms with Gasteiger partial charge in [0.25, 0.3) is 11.8 Å². The minimum atomic E-state index is -0.0677. The molecule has 0 bridgehead atoms. The van der Waals surface area contributed by atoms with E-state index in [2.05, 4.69) is 10.6 Å². The molecule has 2 fully saturated rings. The maximum absolute atomic E-state index is 12.8. The molecule has 0 aliphatic carbocycles. The molecule has 2 aromatic rings. The van der Waals surface area contributed by atoms with Gasteiger partial charge in [-0.05, 0) is 62.8 Å². The van der Waals surface area contributed by atoms with E-state index in [1.54, 1.807) is 24.3 Å². The lowest BCUT2D eigenvalue weighted by molar-refractivity contribution is -0.117. The molecule has 2 heterocycles. The first-order chi connectivity index (χ1) is 19.5. The molecule has 0 spiro atoms. The number of likely N-dealkylation sites (tertiary alicyclic amines) is 2. The van der Waals surface area contributed by atoms with Crippen molar-refractivity contribution in [3.63, 3.8) is 0 Å². The lowest BCUT2D eigenvalue weighted by Crippen LogP contribution is -2.28. The van der Waals surface area contributed by atoms with E-state index in [9.17, 15) is 19.2 Å². The van der Waals surface area contributed by atoms with Crippen molar-refractivity contribution in [2.24, 2.45) is 0 Å². The number of benzene rings is 2. The second kappa shape index (κ2) is 15.2. The number of nitrogens with one attached hydrogen (secondary N) is 2. The first-order valence-electron chi connectivity index (χ1n) is 14.9. The molecule has 0 saturated carbocycles. The van der Waals surface area contributed by atoms with Crippen molar-refractivity contribution in [3.05, 3.63) is 59.7 Å². The molecule has 2 saturated heterocycles. The molecule has 4 amide bonds. The predicted molar refractivity (Wildman–Crippen MR) is 157 cm³/mol. The third-order valence-electron chi connectivity index (χ3n) is 7.71. The van der Waals surface area contributed by atoms with Gasteiger partial charge in [-0.3, -0.25) is 19.2 Å². The van der Waals surface area contributed by atoms with Crippen molar-refractivity contribution >= 4 is 35.0 Å². The molecule has 0 unspecified atom stereocenters. The first-order valence-corrected chi connectivity index (χ1v) is 14.9. The van der Waals surface area contributed by atoms with Crippen molar-refractivity contribution < 1.29 is 19.2 Å². The number of carbonyl (C=O) groups excluding carboxylic acids is 4. The van der Waals surface area contributed by atoms with Gasteiger partial charge in [0.05, 0.1) is 22.5 Å². The second-order valence-electron chi connectivity index (χ2n) is 10.8. The number of anilines is 2. The zero-order chi connectivity index (χ0) is 28.2. The number of nitrogens with zero attached hydrogens (tertiary/aromatic N) is 2. The molecule has 214 valence electrons. The van der Waals surface area contributed by atoms with Crippen LogP contribution in [0.15, 0.2) is 48.5 Å². The summed E-state index contributed by atoms with van der Waals surface area (Å²) >= 11 is 0. The van der Waals surface area contributed by atoms with Crippen LogP contribution in [0, 0.1) is 0 Å². The Kier molecular flexibility index (Phi) is 11.1. The Morgan fingerprint density at radius 1 is 0.525 bits per heavy atom. The number of para-hydroxylation sites is 2. The molecule has 40 heavy (non-hydrogen) atoms. The molecule has 2 N–H and O–H groups in total. The van der Waals surface area contributed by atoms with Gasteiger partial charge in [-0.2, -0.15) is 0 Å². The second-order valence-corrected chi connectivity index (χ2v) is 10.8. The molecular formula is C32H42N4O4. The first kappa shape index (κ1) is 29.3. The van der Waals surface area contributed by atoms with E-state index < -0.39 is 0 Å². The largest absolute Gasteiger partial charge is 0.339 e. The van der Waals surface area contributed by atoms with Gasteiger partial charge < -0.3 is 20.4 Å². The Bertz CT molecular complexity index is 1080. The van der Waals surface area contributed by atoms with E-state index in [0.29, 0.717) is 35.3 Å². The zero-order valence-corrected chi connectivity index (χ0v) is 23.5. The molecule has 2 aromatic carbocycles. The van der Waals surface area contributed by atoms with Gasteiger partial charge in [-0.15, -0.1) is 0 Å². The fourth-order valence-corrected chi connectivity index (χ4v) is 5.44. The van der Waals surface area contributed by atoms with Gasteiger partial charge in [0.1, 0.15) is 0 Å². The SMILES string of the molecule is O=C(CCCCCCCCC(=O)Nc1ccccc1C(=O)N1CCCC1)Nc1ccccc1C(=O)N1CCCC1. The highest BCUT2D eigenvalue weighted by molar-refractivity contribution is 6.04. The van der Waals surface area contributed by atoms with Gasteiger partial charge in [0.2, 0.25) is 11.8 Å². The van der Waals surface area contributed by atoms with Crippen LogP contribution in [-0.2, 0) is 9.59 Å². The standard InChI is InChI=1S/C32H42N4O4/c37-29(33-27-17-9-7-15-25(27)31(39)35-21-11-12-22-35)19-5-3-1-2-4-6-20-30(38)34-28-18-10-8-16-26(28)32(40)36-23-13-14-24-36/h7-10,15-18H,1-6,11-14,19-24H2,(H,33,37)(H,34,38). The summed E-state index contributed by atoms with van der Waals surface area (Å²) in [4.78, 5) is 54.3. The van der Waals surface area contributed by atoms with E-state index in [4.69, 9.17) is 0 Å². The Balaban J connectivity index is 1.09. The quantitative estimate of drug-likeness (QED) is 0.308. The highest BCUT2D eigenvalue weighted by atomic mass is 16.2. The van der Waals surface area contributed by atoms with Gasteiger partial charge in [0, 0.05) is 39.0 Å². The highest BCUT2D eigenvalue weighted by Gasteiger charge is 2.23. The van der Waals surface area contributed by atoms with Gasteiger partial charge in [-0.25, -0.2) is 0 Å². The normalized spacial score (nSPS) is 14.8. The summed E-state index contributed by atoms with van der Waals surface area (Å²) in [5, 5.41) is 5.86. The molecule has 0 aromatic heterocycles. The summed E-state index contributed by atoms with van der Waals surface area (Å²) in [5.41, 5.74) is 2.29. The van der Waals surface area contributed by atoms with E-state index in [1.807, 2.05) is 34.1 Å².